The number of nitrogens with zero attached hydrogens (tertiary/aromatic N) is 3. The second kappa shape index (κ2) is 6.91. The fraction of sp³-hybridized carbons (Fsp3) is 0.750. The van der Waals surface area contributed by atoms with Gasteiger partial charge < -0.3 is 10.2 Å². The van der Waals surface area contributed by atoms with Crippen molar-refractivity contribution in [1.82, 2.24) is 9.97 Å². The molecule has 1 fully saturated rings. The Labute approximate surface area is 123 Å². The molecule has 0 aromatic carbocycles. The van der Waals surface area contributed by atoms with Gasteiger partial charge in [-0.3, -0.25) is 0 Å². The van der Waals surface area contributed by atoms with E-state index in [9.17, 15) is 0 Å². The third kappa shape index (κ3) is 3.05. The lowest BCUT2D eigenvalue weighted by Crippen LogP contribution is -2.31. The molecule has 0 aliphatic carbocycles. The molecule has 0 spiro atoms. The van der Waals surface area contributed by atoms with Crippen molar-refractivity contribution >= 4 is 11.6 Å². The highest BCUT2D eigenvalue weighted by Crippen LogP contribution is 2.35. The lowest BCUT2D eigenvalue weighted by molar-refractivity contribution is 0.635. The van der Waals surface area contributed by atoms with Gasteiger partial charge in [-0.1, -0.05) is 27.7 Å². The Morgan fingerprint density at radius 1 is 1.35 bits per heavy atom. The zero-order chi connectivity index (χ0) is 14.5. The van der Waals surface area contributed by atoms with Crippen LogP contribution in [0.15, 0.2) is 6.33 Å². The largest absolute Gasteiger partial charge is 0.370 e. The first kappa shape index (κ1) is 15.1. The van der Waals surface area contributed by atoms with Gasteiger partial charge in [-0.05, 0) is 31.6 Å². The van der Waals surface area contributed by atoms with E-state index in [0.717, 1.165) is 31.1 Å². The highest BCUT2D eigenvalue weighted by Gasteiger charge is 2.28. The molecule has 0 bridgehead atoms. The summed E-state index contributed by atoms with van der Waals surface area (Å²) in [6, 6.07) is 0.640. The van der Waals surface area contributed by atoms with Crippen LogP contribution in [0.25, 0.3) is 0 Å². The third-order valence-corrected chi connectivity index (χ3v) is 4.10. The summed E-state index contributed by atoms with van der Waals surface area (Å²) in [6.07, 6.45) is 6.58. The summed E-state index contributed by atoms with van der Waals surface area (Å²) in [6.45, 7) is 11.0. The summed E-state index contributed by atoms with van der Waals surface area (Å²) in [5, 5.41) is 3.46. The van der Waals surface area contributed by atoms with Gasteiger partial charge in [0.15, 0.2) is 0 Å². The number of rotatable bonds is 6. The van der Waals surface area contributed by atoms with Crippen LogP contribution in [0, 0.1) is 0 Å². The van der Waals surface area contributed by atoms with Crippen molar-refractivity contribution in [2.75, 3.05) is 23.3 Å². The van der Waals surface area contributed by atoms with E-state index in [1.165, 1.54) is 24.8 Å². The highest BCUT2D eigenvalue weighted by atomic mass is 15.2. The molecular weight excluding hydrogens is 248 g/mol. The van der Waals surface area contributed by atoms with Gasteiger partial charge in [-0.15, -0.1) is 0 Å². The quantitative estimate of drug-likeness (QED) is 0.858. The molecule has 1 aromatic heterocycles. The van der Waals surface area contributed by atoms with Crippen LogP contribution in [0.1, 0.15) is 64.9 Å². The number of nitrogens with one attached hydrogen (secondary N) is 1. The van der Waals surface area contributed by atoms with Gasteiger partial charge >= 0.3 is 0 Å². The molecule has 0 amide bonds. The molecule has 4 heteroatoms. The maximum atomic E-state index is 4.62. The predicted octanol–water partition coefficient (Wildman–Crippen LogP) is 3.80. The van der Waals surface area contributed by atoms with Crippen LogP contribution in [-0.4, -0.2) is 29.1 Å². The predicted molar refractivity (Wildman–Crippen MR) is 85.6 cm³/mol. The average molecular weight is 276 g/mol. The van der Waals surface area contributed by atoms with Crippen molar-refractivity contribution in [3.63, 3.8) is 0 Å². The Kier molecular flexibility index (Phi) is 5.21. The van der Waals surface area contributed by atoms with Gasteiger partial charge in [0.1, 0.15) is 18.0 Å². The second-order valence-corrected chi connectivity index (χ2v) is 5.94. The molecule has 1 aliphatic heterocycles. The van der Waals surface area contributed by atoms with E-state index < -0.39 is 0 Å². The van der Waals surface area contributed by atoms with Gasteiger partial charge in [-0.2, -0.15) is 0 Å². The van der Waals surface area contributed by atoms with Crippen LogP contribution >= 0.6 is 0 Å². The van der Waals surface area contributed by atoms with E-state index in [-0.39, 0.29) is 0 Å². The normalized spacial score (nSPS) is 18.9. The van der Waals surface area contributed by atoms with Gasteiger partial charge in [0.25, 0.3) is 0 Å². The van der Waals surface area contributed by atoms with E-state index in [1.807, 2.05) is 0 Å². The molecule has 4 nitrogen and oxygen atoms in total. The van der Waals surface area contributed by atoms with E-state index in [4.69, 9.17) is 0 Å². The maximum absolute atomic E-state index is 4.62. The molecule has 1 saturated heterocycles. The number of hydrogen-bond acceptors (Lipinski definition) is 4. The third-order valence-electron chi connectivity index (χ3n) is 4.10. The summed E-state index contributed by atoms with van der Waals surface area (Å²) >= 11 is 0. The standard InChI is InChI=1S/C16H28N4/c1-5-9-17-15-14(12(3)4)16(19-11-18-15)20-10-7-8-13(20)6-2/h11-13H,5-10H2,1-4H3,(H,17,18,19). The molecule has 2 heterocycles. The van der Waals surface area contributed by atoms with Gasteiger partial charge in [0, 0.05) is 24.7 Å². The SMILES string of the molecule is CCCNc1ncnc(N2CCCC2CC)c1C(C)C. The topological polar surface area (TPSA) is 41.1 Å². The second-order valence-electron chi connectivity index (χ2n) is 5.94. The molecule has 1 aromatic rings. The molecule has 112 valence electrons. The van der Waals surface area contributed by atoms with Crippen molar-refractivity contribution in [3.8, 4) is 0 Å². The van der Waals surface area contributed by atoms with Crippen molar-refractivity contribution in [3.05, 3.63) is 11.9 Å². The fourth-order valence-electron chi connectivity index (χ4n) is 3.07. The van der Waals surface area contributed by atoms with Crippen LogP contribution in [0.5, 0.6) is 0 Å². The number of anilines is 2. The maximum Gasteiger partial charge on any atom is 0.137 e. The van der Waals surface area contributed by atoms with Gasteiger partial charge in [0.2, 0.25) is 0 Å². The molecule has 1 N–H and O–H groups in total. The summed E-state index contributed by atoms with van der Waals surface area (Å²) in [5.74, 6) is 2.61. The molecule has 2 rings (SSSR count). The summed E-state index contributed by atoms with van der Waals surface area (Å²) in [4.78, 5) is 11.6. The molecule has 1 atom stereocenters. The van der Waals surface area contributed by atoms with Gasteiger partial charge in [-0.25, -0.2) is 9.97 Å². The Bertz CT molecular complexity index is 430. The smallest absolute Gasteiger partial charge is 0.137 e. The van der Waals surface area contributed by atoms with Crippen LogP contribution in [0.4, 0.5) is 11.6 Å². The molecular formula is C16H28N4. The monoisotopic (exact) mass is 276 g/mol. The zero-order valence-electron chi connectivity index (χ0n) is 13.3. The van der Waals surface area contributed by atoms with Gasteiger partial charge in [0.05, 0.1) is 0 Å². The van der Waals surface area contributed by atoms with E-state index in [1.54, 1.807) is 6.33 Å². The van der Waals surface area contributed by atoms with Crippen LogP contribution in [0.3, 0.4) is 0 Å². The molecule has 0 saturated carbocycles. The Hall–Kier alpha value is -1.32. The van der Waals surface area contributed by atoms with Crippen LogP contribution in [-0.2, 0) is 0 Å². The summed E-state index contributed by atoms with van der Waals surface area (Å²) in [5.41, 5.74) is 1.28. The molecule has 1 aliphatic rings. The van der Waals surface area contributed by atoms with Crippen LogP contribution in [0.2, 0.25) is 0 Å². The van der Waals surface area contributed by atoms with Crippen molar-refractivity contribution < 1.29 is 0 Å². The lowest BCUT2D eigenvalue weighted by atomic mass is 10.0. The average Bonchev–Trinajstić information content (AvgIpc) is 2.92. The van der Waals surface area contributed by atoms with E-state index in [0.29, 0.717) is 12.0 Å². The van der Waals surface area contributed by atoms with Crippen molar-refractivity contribution in [2.24, 2.45) is 0 Å². The molecule has 0 radical (unpaired) electrons. The van der Waals surface area contributed by atoms with Crippen LogP contribution < -0.4 is 10.2 Å². The fourth-order valence-corrected chi connectivity index (χ4v) is 3.07. The van der Waals surface area contributed by atoms with Crippen molar-refractivity contribution in [2.45, 2.75) is 65.3 Å². The first-order chi connectivity index (χ1) is 9.69. The van der Waals surface area contributed by atoms with E-state index >= 15 is 0 Å². The minimum Gasteiger partial charge on any atom is -0.370 e. The first-order valence-electron chi connectivity index (χ1n) is 8.04. The molecule has 20 heavy (non-hydrogen) atoms. The minimum absolute atomic E-state index is 0.434. The molecule has 1 unspecified atom stereocenters. The minimum atomic E-state index is 0.434. The Balaban J connectivity index is 2.36. The zero-order valence-corrected chi connectivity index (χ0v) is 13.3. The Morgan fingerprint density at radius 2 is 2.15 bits per heavy atom. The number of aromatic nitrogens is 2. The number of hydrogen-bond donors (Lipinski definition) is 1. The lowest BCUT2D eigenvalue weighted by Gasteiger charge is -2.28. The summed E-state index contributed by atoms with van der Waals surface area (Å²) < 4.78 is 0. The van der Waals surface area contributed by atoms with E-state index in [2.05, 4.69) is 47.9 Å². The first-order valence-corrected chi connectivity index (χ1v) is 8.04. The van der Waals surface area contributed by atoms with Crippen molar-refractivity contribution in [1.29, 1.82) is 0 Å². The Morgan fingerprint density at radius 3 is 2.80 bits per heavy atom. The highest BCUT2D eigenvalue weighted by molar-refractivity contribution is 5.61. The summed E-state index contributed by atoms with van der Waals surface area (Å²) in [7, 11) is 0.